The first kappa shape index (κ1) is 23.3. The van der Waals surface area contributed by atoms with Gasteiger partial charge in [-0.1, -0.05) is 31.9 Å². The van der Waals surface area contributed by atoms with Crippen LogP contribution in [0.3, 0.4) is 0 Å². The monoisotopic (exact) mass is 423 g/mol. The zero-order valence-corrected chi connectivity index (χ0v) is 17.2. The topological polar surface area (TPSA) is 130 Å². The summed E-state index contributed by atoms with van der Waals surface area (Å²) in [4.78, 5) is 27.8. The van der Waals surface area contributed by atoms with E-state index in [-0.39, 0.29) is 0 Å². The van der Waals surface area contributed by atoms with Crippen molar-refractivity contribution in [3.63, 3.8) is 0 Å². The zero-order valence-electron chi connectivity index (χ0n) is 17.2. The number of hydrogen-bond acceptors (Lipinski definition) is 6. The van der Waals surface area contributed by atoms with Crippen LogP contribution in [-0.4, -0.2) is 41.7 Å². The molecule has 0 amide bonds. The summed E-state index contributed by atoms with van der Waals surface area (Å²) < 4.78 is 1.86. The third-order valence-electron chi connectivity index (χ3n) is 3.95. The van der Waals surface area contributed by atoms with Crippen LogP contribution in [0.25, 0.3) is 11.7 Å². The van der Waals surface area contributed by atoms with Gasteiger partial charge in [0.2, 0.25) is 0 Å². The molecule has 0 aromatic carbocycles. The maximum absolute atomic E-state index is 9.55. The molecule has 3 N–H and O–H groups in total. The molecule has 0 aliphatic heterocycles. The van der Waals surface area contributed by atoms with E-state index in [0.717, 1.165) is 29.3 Å². The zero-order chi connectivity index (χ0) is 22.5. The Bertz CT molecular complexity index is 1030. The van der Waals surface area contributed by atoms with Gasteiger partial charge in [0.1, 0.15) is 5.82 Å². The second-order valence-corrected chi connectivity index (χ2v) is 6.40. The van der Waals surface area contributed by atoms with E-state index in [1.165, 1.54) is 12.8 Å². The smallest absolute Gasteiger partial charge is 0.328 e. The maximum Gasteiger partial charge on any atom is 0.328 e. The number of rotatable bonds is 9. The van der Waals surface area contributed by atoms with Gasteiger partial charge in [0.05, 0.1) is 24.1 Å². The summed E-state index contributed by atoms with van der Waals surface area (Å²) in [5.74, 6) is -1.70. The van der Waals surface area contributed by atoms with Crippen LogP contribution in [0.1, 0.15) is 37.6 Å². The number of anilines is 1. The Kier molecular flexibility index (Phi) is 9.41. The lowest BCUT2D eigenvalue weighted by atomic mass is 10.2. The molecule has 0 bridgehead atoms. The van der Waals surface area contributed by atoms with Crippen LogP contribution in [0.2, 0.25) is 0 Å². The van der Waals surface area contributed by atoms with Crippen molar-refractivity contribution in [2.45, 2.75) is 32.7 Å². The number of nitrogens with one attached hydrogen (secondary N) is 1. The number of aromatic nitrogens is 4. The molecule has 0 fully saturated rings. The summed E-state index contributed by atoms with van der Waals surface area (Å²) in [6.45, 7) is 2.85. The number of fused-ring (bicyclic) bond motifs is 1. The molecule has 162 valence electrons. The molecule has 9 heteroatoms. The van der Waals surface area contributed by atoms with Crippen LogP contribution in [0.5, 0.6) is 0 Å². The lowest BCUT2D eigenvalue weighted by Gasteiger charge is -2.05. The predicted molar refractivity (Wildman–Crippen MR) is 118 cm³/mol. The Morgan fingerprint density at radius 2 is 1.87 bits per heavy atom. The number of unbranched alkanes of at least 4 members (excludes halogenated alkanes) is 2. The van der Waals surface area contributed by atoms with Gasteiger partial charge in [0, 0.05) is 18.3 Å². The first-order valence-corrected chi connectivity index (χ1v) is 9.78. The van der Waals surface area contributed by atoms with E-state index in [9.17, 15) is 9.59 Å². The van der Waals surface area contributed by atoms with E-state index < -0.39 is 11.9 Å². The van der Waals surface area contributed by atoms with Crippen molar-refractivity contribution in [1.82, 2.24) is 19.6 Å². The number of carboxylic acids is 2. The first-order valence-electron chi connectivity index (χ1n) is 9.78. The first-order chi connectivity index (χ1) is 15.0. The number of carbonyl (C=O) groups is 2. The van der Waals surface area contributed by atoms with Crippen molar-refractivity contribution in [2.24, 2.45) is 0 Å². The second kappa shape index (κ2) is 12.5. The van der Waals surface area contributed by atoms with E-state index in [4.69, 9.17) is 10.2 Å². The van der Waals surface area contributed by atoms with Crippen LogP contribution in [0, 0.1) is 0 Å². The molecule has 3 heterocycles. The Morgan fingerprint density at radius 3 is 2.52 bits per heavy atom. The van der Waals surface area contributed by atoms with E-state index in [0.29, 0.717) is 18.7 Å². The van der Waals surface area contributed by atoms with Crippen molar-refractivity contribution >= 4 is 29.5 Å². The fourth-order valence-corrected chi connectivity index (χ4v) is 2.45. The molecular weight excluding hydrogens is 398 g/mol. The fourth-order valence-electron chi connectivity index (χ4n) is 2.45. The van der Waals surface area contributed by atoms with Gasteiger partial charge in [-0.3, -0.25) is 4.98 Å². The van der Waals surface area contributed by atoms with Crippen molar-refractivity contribution in [3.05, 3.63) is 72.3 Å². The van der Waals surface area contributed by atoms with Crippen molar-refractivity contribution < 1.29 is 19.8 Å². The minimum atomic E-state index is -1.26. The predicted octanol–water partition coefficient (Wildman–Crippen LogP) is 3.65. The molecule has 3 aromatic heterocycles. The Hall–Kier alpha value is -4.01. The van der Waals surface area contributed by atoms with Crippen LogP contribution >= 0.6 is 0 Å². The minimum absolute atomic E-state index is 0.558. The lowest BCUT2D eigenvalue weighted by Crippen LogP contribution is -2.05. The highest BCUT2D eigenvalue weighted by Gasteiger charge is 2.03. The molecule has 0 saturated heterocycles. The third kappa shape index (κ3) is 8.48. The maximum atomic E-state index is 9.55. The molecule has 0 saturated carbocycles. The number of hydrogen-bond donors (Lipinski definition) is 3. The summed E-state index contributed by atoms with van der Waals surface area (Å²) in [6, 6.07) is 9.80. The molecule has 31 heavy (non-hydrogen) atoms. The van der Waals surface area contributed by atoms with Gasteiger partial charge in [-0.05, 0) is 36.8 Å². The molecule has 0 aliphatic rings. The largest absolute Gasteiger partial charge is 0.478 e. The summed E-state index contributed by atoms with van der Waals surface area (Å²) in [7, 11) is 0. The Morgan fingerprint density at radius 1 is 1.10 bits per heavy atom. The third-order valence-corrected chi connectivity index (χ3v) is 3.95. The van der Waals surface area contributed by atoms with Crippen LogP contribution in [-0.2, 0) is 16.1 Å². The average molecular weight is 423 g/mol. The van der Waals surface area contributed by atoms with Crippen molar-refractivity contribution in [1.29, 1.82) is 0 Å². The fraction of sp³-hybridized carbons (Fsp3) is 0.227. The standard InChI is InChI=1S/C18H21N5.C4H4O4/c1-2-3-4-5-9-16-14-21-18-11-10-17(22-23(16)18)20-13-15-8-6-7-12-19-15;5-3(6)1-2-4(7)8/h5-12,14H,2-4,13H2,1H3,(H,20,22);1-2H,(H,5,6)(H,7,8)/b9-5+;2-1-. The molecule has 0 aliphatic carbocycles. The van der Waals surface area contributed by atoms with E-state index in [1.54, 1.807) is 6.20 Å². The number of nitrogens with zero attached hydrogens (tertiary/aromatic N) is 4. The highest BCUT2D eigenvalue weighted by Crippen LogP contribution is 2.12. The van der Waals surface area contributed by atoms with Gasteiger partial charge < -0.3 is 15.5 Å². The SMILES string of the molecule is CCCC/C=C/c1cnc2ccc(NCc3ccccn3)nn12.O=C(O)/C=C\C(=O)O. The van der Waals surface area contributed by atoms with Crippen LogP contribution in [0.4, 0.5) is 5.82 Å². The van der Waals surface area contributed by atoms with Gasteiger partial charge in [-0.2, -0.15) is 0 Å². The number of imidazole rings is 1. The molecule has 3 rings (SSSR count). The highest BCUT2D eigenvalue weighted by atomic mass is 16.4. The lowest BCUT2D eigenvalue weighted by molar-refractivity contribution is -0.134. The van der Waals surface area contributed by atoms with E-state index in [2.05, 4.69) is 39.5 Å². The number of pyridine rings is 1. The molecule has 3 aromatic rings. The summed E-state index contributed by atoms with van der Waals surface area (Å²) in [5.41, 5.74) is 2.83. The van der Waals surface area contributed by atoms with Crippen LogP contribution in [0.15, 0.2) is 61.0 Å². The second-order valence-electron chi connectivity index (χ2n) is 6.40. The van der Waals surface area contributed by atoms with Gasteiger partial charge in [-0.25, -0.2) is 19.1 Å². The molecule has 0 radical (unpaired) electrons. The highest BCUT2D eigenvalue weighted by molar-refractivity contribution is 5.89. The summed E-state index contributed by atoms with van der Waals surface area (Å²) in [6.07, 6.45) is 12.5. The van der Waals surface area contributed by atoms with E-state index >= 15 is 0 Å². The number of aliphatic carboxylic acids is 2. The number of allylic oxidation sites excluding steroid dienone is 1. The molecule has 9 nitrogen and oxygen atoms in total. The average Bonchev–Trinajstić information content (AvgIpc) is 3.17. The quantitative estimate of drug-likeness (QED) is 0.351. The summed E-state index contributed by atoms with van der Waals surface area (Å²) >= 11 is 0. The molecular formula is C22H25N5O4. The van der Waals surface area contributed by atoms with Gasteiger partial charge in [0.15, 0.2) is 5.65 Å². The van der Waals surface area contributed by atoms with Crippen LogP contribution < -0.4 is 5.32 Å². The minimum Gasteiger partial charge on any atom is -0.478 e. The Labute approximate surface area is 179 Å². The summed E-state index contributed by atoms with van der Waals surface area (Å²) in [5, 5.41) is 23.5. The van der Waals surface area contributed by atoms with Crippen molar-refractivity contribution in [2.75, 3.05) is 5.32 Å². The van der Waals surface area contributed by atoms with Crippen molar-refractivity contribution in [3.8, 4) is 0 Å². The Balaban J connectivity index is 0.000000366. The van der Waals surface area contributed by atoms with Gasteiger partial charge in [0.25, 0.3) is 0 Å². The van der Waals surface area contributed by atoms with Gasteiger partial charge >= 0.3 is 11.9 Å². The van der Waals surface area contributed by atoms with E-state index in [1.807, 2.05) is 41.0 Å². The molecule has 0 spiro atoms. The number of carboxylic acid groups (broad SMARTS) is 2. The van der Waals surface area contributed by atoms with Gasteiger partial charge in [-0.15, -0.1) is 5.10 Å². The molecule has 0 atom stereocenters. The normalized spacial score (nSPS) is 10.9. The molecule has 0 unspecified atom stereocenters.